The molecule has 1 amide bonds. The highest BCUT2D eigenvalue weighted by molar-refractivity contribution is 5.82. The van der Waals surface area contributed by atoms with Crippen molar-refractivity contribution >= 4 is 11.9 Å². The molecule has 24 heavy (non-hydrogen) atoms. The predicted molar refractivity (Wildman–Crippen MR) is 76.6 cm³/mol. The molecule has 0 aromatic carbocycles. The average molecular weight is 334 g/mol. The van der Waals surface area contributed by atoms with Crippen LogP contribution in [0, 0.1) is 0 Å². The zero-order chi connectivity index (χ0) is 17.4. The minimum absolute atomic E-state index is 0.0574. The number of carboxylic acids is 1. The Morgan fingerprint density at radius 1 is 1.46 bits per heavy atom. The topological polar surface area (TPSA) is 114 Å². The van der Waals surface area contributed by atoms with Crippen molar-refractivity contribution < 1.29 is 34.2 Å². The van der Waals surface area contributed by atoms with Crippen molar-refractivity contribution in [2.45, 2.75) is 37.3 Å². The molecule has 1 aromatic heterocycles. The van der Waals surface area contributed by atoms with Crippen LogP contribution in [0.4, 0.5) is 0 Å². The third-order valence-electron chi connectivity index (χ3n) is 4.43. The normalized spacial score (nSPS) is 30.0. The van der Waals surface area contributed by atoms with Crippen molar-refractivity contribution in [3.05, 3.63) is 41.9 Å². The molecule has 0 aliphatic carbocycles. The van der Waals surface area contributed by atoms with Crippen molar-refractivity contribution in [1.82, 2.24) is 4.90 Å². The molecular formula is C16H18N2O6. The molecule has 0 radical (unpaired) electrons. The van der Waals surface area contributed by atoms with E-state index in [2.05, 4.69) is 0 Å². The lowest BCUT2D eigenvalue weighted by molar-refractivity contribution is -0.769. The zero-order valence-electron chi connectivity index (χ0n) is 13.0. The fourth-order valence-corrected chi connectivity index (χ4v) is 3.08. The molecule has 2 aliphatic rings. The van der Waals surface area contributed by atoms with Crippen LogP contribution < -0.4 is 9.67 Å². The van der Waals surface area contributed by atoms with Gasteiger partial charge in [-0.1, -0.05) is 0 Å². The summed E-state index contributed by atoms with van der Waals surface area (Å²) in [5.74, 6) is -2.03. The Bertz CT molecular complexity index is 704. The van der Waals surface area contributed by atoms with Gasteiger partial charge in [0.15, 0.2) is 18.5 Å². The first-order valence-electron chi connectivity index (χ1n) is 7.61. The number of carboxylic acid groups (broad SMARTS) is 1. The Morgan fingerprint density at radius 2 is 2.21 bits per heavy atom. The van der Waals surface area contributed by atoms with Crippen LogP contribution in [0.5, 0.6) is 0 Å². The molecule has 2 N–H and O–H groups in total. The number of ether oxygens (including phenoxy) is 1. The Morgan fingerprint density at radius 3 is 2.83 bits per heavy atom. The van der Waals surface area contributed by atoms with Gasteiger partial charge in [0.2, 0.25) is 5.91 Å². The van der Waals surface area contributed by atoms with Crippen molar-refractivity contribution in [1.29, 1.82) is 0 Å². The molecule has 1 aromatic rings. The number of hydrogen-bond donors (Lipinski definition) is 2. The van der Waals surface area contributed by atoms with E-state index in [0.29, 0.717) is 12.8 Å². The maximum absolute atomic E-state index is 11.7. The lowest BCUT2D eigenvalue weighted by Crippen LogP contribution is -2.53. The number of aliphatic hydroxyl groups excluding tert-OH is 2. The number of carbonyl (C=O) groups excluding carboxylic acids is 2. The number of pyridine rings is 1. The largest absolute Gasteiger partial charge is 0.542 e. The minimum atomic E-state index is -1.57. The highest BCUT2D eigenvalue weighted by atomic mass is 16.5. The number of aliphatic carboxylic acids is 1. The number of rotatable bonds is 3. The molecule has 2 aliphatic heterocycles. The molecule has 128 valence electrons. The minimum Gasteiger partial charge on any atom is -0.542 e. The van der Waals surface area contributed by atoms with Crippen LogP contribution in [0.1, 0.15) is 30.7 Å². The van der Waals surface area contributed by atoms with E-state index in [1.54, 1.807) is 30.4 Å². The smallest absolute Gasteiger partial charge is 0.331 e. The second kappa shape index (κ2) is 6.21. The summed E-state index contributed by atoms with van der Waals surface area (Å²) in [6, 6.07) is 3.47. The van der Waals surface area contributed by atoms with Gasteiger partial charge in [-0.15, -0.1) is 0 Å². The Kier molecular flexibility index (Phi) is 4.25. The maximum Gasteiger partial charge on any atom is 0.331 e. The summed E-state index contributed by atoms with van der Waals surface area (Å²) in [6.45, 7) is 0. The van der Waals surface area contributed by atoms with Gasteiger partial charge in [-0.25, -0.2) is 0 Å². The number of amides is 1. The van der Waals surface area contributed by atoms with Crippen molar-refractivity contribution in [3.8, 4) is 0 Å². The number of aromatic nitrogens is 1. The first kappa shape index (κ1) is 16.4. The maximum atomic E-state index is 11.7. The molecule has 1 fully saturated rings. The van der Waals surface area contributed by atoms with Crippen LogP contribution in [0.3, 0.4) is 0 Å². The van der Waals surface area contributed by atoms with Gasteiger partial charge in [-0.3, -0.25) is 4.79 Å². The van der Waals surface area contributed by atoms with Gasteiger partial charge in [-0.05, 0) is 18.6 Å². The average Bonchev–Trinajstić information content (AvgIpc) is 2.89. The van der Waals surface area contributed by atoms with Gasteiger partial charge in [-0.2, -0.15) is 4.57 Å². The Balaban J connectivity index is 1.90. The van der Waals surface area contributed by atoms with Gasteiger partial charge in [0.1, 0.15) is 17.8 Å². The third kappa shape index (κ3) is 2.85. The molecule has 8 heteroatoms. The van der Waals surface area contributed by atoms with Gasteiger partial charge >= 0.3 is 6.23 Å². The second-order valence-corrected chi connectivity index (χ2v) is 5.95. The van der Waals surface area contributed by atoms with Crippen molar-refractivity contribution in [3.63, 3.8) is 0 Å². The highest BCUT2D eigenvalue weighted by Gasteiger charge is 2.40. The number of likely N-dealkylation sites (tertiary alicyclic amines) is 1. The highest BCUT2D eigenvalue weighted by Crippen LogP contribution is 2.31. The summed E-state index contributed by atoms with van der Waals surface area (Å²) in [5.41, 5.74) is 0.834. The van der Waals surface area contributed by atoms with E-state index < -0.39 is 30.2 Å². The first-order chi connectivity index (χ1) is 11.4. The molecule has 3 rings (SSSR count). The van der Waals surface area contributed by atoms with Gasteiger partial charge in [0.25, 0.3) is 0 Å². The van der Waals surface area contributed by atoms with Crippen LogP contribution in [-0.4, -0.2) is 46.2 Å². The number of carbonyl (C=O) groups is 2. The predicted octanol–water partition coefficient (Wildman–Crippen LogP) is -1.85. The number of hydrogen-bond acceptors (Lipinski definition) is 6. The lowest BCUT2D eigenvalue weighted by atomic mass is 10.1. The monoisotopic (exact) mass is 334 g/mol. The van der Waals surface area contributed by atoms with Crippen LogP contribution in [0.15, 0.2) is 36.4 Å². The van der Waals surface area contributed by atoms with Crippen molar-refractivity contribution in [2.24, 2.45) is 0 Å². The quantitative estimate of drug-likeness (QED) is 0.628. The van der Waals surface area contributed by atoms with Crippen LogP contribution in [0.25, 0.3) is 0 Å². The molecule has 3 heterocycles. The molecule has 0 bridgehead atoms. The van der Waals surface area contributed by atoms with Gasteiger partial charge in [0.05, 0.1) is 6.04 Å². The summed E-state index contributed by atoms with van der Waals surface area (Å²) in [7, 11) is 1.73. The Hall–Kier alpha value is -2.45. The summed E-state index contributed by atoms with van der Waals surface area (Å²) < 4.78 is 6.74. The lowest BCUT2D eigenvalue weighted by Gasteiger charge is -2.28. The standard InChI is InChI=1S/C16H18N2O6/c1-17-10(4-5-13(17)20)9-3-2-6-18(8-9)15-14(21)11(19)7-12(24-15)16(22)23/h2-3,6-8,10-11,14-15,19,21H,4-5H2,1H3/t10?,11?,14?,15-/m0/s1. The van der Waals surface area contributed by atoms with E-state index in [4.69, 9.17) is 4.74 Å². The molecule has 3 unspecified atom stereocenters. The second-order valence-electron chi connectivity index (χ2n) is 5.95. The fraction of sp³-hybridized carbons (Fsp3) is 0.438. The van der Waals surface area contributed by atoms with Crippen LogP contribution >= 0.6 is 0 Å². The molecule has 1 saturated heterocycles. The van der Waals surface area contributed by atoms with E-state index in [0.717, 1.165) is 11.6 Å². The third-order valence-corrected chi connectivity index (χ3v) is 4.43. The van der Waals surface area contributed by atoms with Gasteiger partial charge < -0.3 is 29.8 Å². The molecular weight excluding hydrogens is 316 g/mol. The summed E-state index contributed by atoms with van der Waals surface area (Å²) in [6.07, 6.45) is 1.50. The summed E-state index contributed by atoms with van der Waals surface area (Å²) >= 11 is 0. The number of nitrogens with zero attached hydrogens (tertiary/aromatic N) is 2. The van der Waals surface area contributed by atoms with E-state index in [1.165, 1.54) is 4.57 Å². The van der Waals surface area contributed by atoms with E-state index >= 15 is 0 Å². The fourth-order valence-electron chi connectivity index (χ4n) is 3.08. The van der Waals surface area contributed by atoms with Crippen LogP contribution in [-0.2, 0) is 14.3 Å². The molecule has 4 atom stereocenters. The Labute approximate surface area is 138 Å². The molecule has 0 spiro atoms. The molecule has 8 nitrogen and oxygen atoms in total. The van der Waals surface area contributed by atoms with E-state index in [1.807, 2.05) is 6.07 Å². The van der Waals surface area contributed by atoms with E-state index in [9.17, 15) is 24.9 Å². The van der Waals surface area contributed by atoms with Crippen LogP contribution in [0.2, 0.25) is 0 Å². The summed E-state index contributed by atoms with van der Waals surface area (Å²) in [4.78, 5) is 24.3. The zero-order valence-corrected chi connectivity index (χ0v) is 13.0. The first-order valence-corrected chi connectivity index (χ1v) is 7.61. The number of aliphatic hydroxyl groups is 2. The van der Waals surface area contributed by atoms with Gasteiger partial charge in [0, 0.05) is 25.1 Å². The summed E-state index contributed by atoms with van der Waals surface area (Å²) in [5, 5.41) is 30.9. The van der Waals surface area contributed by atoms with Crippen molar-refractivity contribution in [2.75, 3.05) is 7.05 Å². The molecule has 0 saturated carbocycles. The van der Waals surface area contributed by atoms with E-state index in [-0.39, 0.29) is 11.9 Å². The SMILES string of the molecule is CN1C(=O)CCC1c1ccc[n+]([C@H]2OC(C(=O)[O-])=CC(O)C2O)c1.